The average molecular weight is 431 g/mol. The van der Waals surface area contributed by atoms with Crippen molar-refractivity contribution < 1.29 is 4.74 Å². The molecule has 2 aromatic carbocycles. The van der Waals surface area contributed by atoms with Crippen molar-refractivity contribution in [1.29, 1.82) is 0 Å². The highest BCUT2D eigenvalue weighted by Crippen LogP contribution is 2.16. The average Bonchev–Trinajstić information content (AvgIpc) is 3.00. The van der Waals surface area contributed by atoms with E-state index in [9.17, 15) is 0 Å². The van der Waals surface area contributed by atoms with Crippen molar-refractivity contribution in [2.75, 3.05) is 0 Å². The van der Waals surface area contributed by atoms with E-state index in [-0.39, 0.29) is 0 Å². The number of hydrogen-bond donors (Lipinski definition) is 1. The number of halogens is 1. The maximum atomic E-state index is 5.87. The highest BCUT2D eigenvalue weighted by Gasteiger charge is 2.03. The number of aromatic amines is 1. The highest BCUT2D eigenvalue weighted by atomic mass is 79.9. The van der Waals surface area contributed by atoms with E-state index in [2.05, 4.69) is 38.2 Å². The Morgan fingerprint density at radius 1 is 1.27 bits per heavy atom. The van der Waals surface area contributed by atoms with Crippen LogP contribution in [0.4, 0.5) is 0 Å². The van der Waals surface area contributed by atoms with Crippen molar-refractivity contribution in [1.82, 2.24) is 14.9 Å². The molecule has 1 aromatic heterocycles. The summed E-state index contributed by atoms with van der Waals surface area (Å²) < 4.78 is 9.08. The van der Waals surface area contributed by atoms with Crippen molar-refractivity contribution in [3.05, 3.63) is 74.7 Å². The molecule has 0 bridgehead atoms. The molecule has 5 nitrogen and oxygen atoms in total. The maximum Gasteiger partial charge on any atom is 0.216 e. The summed E-state index contributed by atoms with van der Waals surface area (Å²) in [5, 5.41) is 11.5. The van der Waals surface area contributed by atoms with Gasteiger partial charge in [0.25, 0.3) is 0 Å². The Labute approximate surface area is 165 Å². The van der Waals surface area contributed by atoms with Gasteiger partial charge in [0.1, 0.15) is 12.4 Å². The van der Waals surface area contributed by atoms with Gasteiger partial charge in [-0.1, -0.05) is 47.1 Å². The molecule has 1 heterocycles. The van der Waals surface area contributed by atoms with Crippen molar-refractivity contribution in [3.8, 4) is 5.75 Å². The van der Waals surface area contributed by atoms with E-state index < -0.39 is 0 Å². The predicted molar refractivity (Wildman–Crippen MR) is 109 cm³/mol. The molecule has 0 atom stereocenters. The number of rotatable bonds is 7. The maximum absolute atomic E-state index is 5.87. The largest absolute Gasteiger partial charge is 0.489 e. The second-order valence-corrected chi connectivity index (χ2v) is 7.04. The normalized spacial score (nSPS) is 11.2. The number of nitrogens with zero attached hydrogens (tertiary/aromatic N) is 3. The summed E-state index contributed by atoms with van der Waals surface area (Å²) in [6.07, 6.45) is 3.56. The second-order valence-electron chi connectivity index (χ2n) is 5.74. The lowest BCUT2D eigenvalue weighted by molar-refractivity contribution is 0.306. The third-order valence-electron chi connectivity index (χ3n) is 3.69. The molecule has 26 heavy (non-hydrogen) atoms. The molecule has 0 saturated heterocycles. The summed E-state index contributed by atoms with van der Waals surface area (Å²) in [5.74, 6) is 1.62. The minimum absolute atomic E-state index is 0.493. The van der Waals surface area contributed by atoms with Crippen molar-refractivity contribution in [2.24, 2.45) is 5.10 Å². The zero-order valence-corrected chi connectivity index (χ0v) is 16.8. The third-order valence-corrected chi connectivity index (χ3v) is 4.48. The first-order valence-corrected chi connectivity index (χ1v) is 9.54. The van der Waals surface area contributed by atoms with Crippen molar-refractivity contribution in [2.45, 2.75) is 26.4 Å². The van der Waals surface area contributed by atoms with Gasteiger partial charge in [0.15, 0.2) is 5.82 Å². The van der Waals surface area contributed by atoms with Gasteiger partial charge in [-0.3, -0.25) is 5.10 Å². The Kier molecular flexibility index (Phi) is 6.35. The molecule has 1 N–H and O–H groups in total. The van der Waals surface area contributed by atoms with Gasteiger partial charge in [-0.05, 0) is 54.0 Å². The minimum atomic E-state index is 0.493. The number of nitrogens with one attached hydrogen (secondary N) is 1. The minimum Gasteiger partial charge on any atom is -0.489 e. The van der Waals surface area contributed by atoms with E-state index in [4.69, 9.17) is 17.0 Å². The number of benzene rings is 2. The predicted octanol–water partition coefficient (Wildman–Crippen LogP) is 5.12. The summed E-state index contributed by atoms with van der Waals surface area (Å²) >= 11 is 8.67. The highest BCUT2D eigenvalue weighted by molar-refractivity contribution is 9.10. The van der Waals surface area contributed by atoms with Crippen molar-refractivity contribution >= 4 is 34.4 Å². The van der Waals surface area contributed by atoms with Gasteiger partial charge in [0.2, 0.25) is 4.77 Å². The van der Waals surface area contributed by atoms with E-state index in [1.165, 1.54) is 0 Å². The second kappa shape index (κ2) is 8.91. The molecule has 0 aliphatic carbocycles. The number of aryl methyl sites for hydroxylation is 1. The molecule has 0 saturated carbocycles. The Morgan fingerprint density at radius 2 is 2.08 bits per heavy atom. The van der Waals surface area contributed by atoms with Crippen LogP contribution in [0.25, 0.3) is 0 Å². The van der Waals surface area contributed by atoms with Crippen LogP contribution in [-0.4, -0.2) is 21.1 Å². The molecular weight excluding hydrogens is 412 g/mol. The summed E-state index contributed by atoms with van der Waals surface area (Å²) in [4.78, 5) is 0. The van der Waals surface area contributed by atoms with Crippen LogP contribution in [0.15, 0.2) is 58.1 Å². The van der Waals surface area contributed by atoms with Crippen LogP contribution in [0.3, 0.4) is 0 Å². The lowest BCUT2D eigenvalue weighted by atomic mass is 10.2. The Balaban J connectivity index is 1.70. The van der Waals surface area contributed by atoms with Crippen LogP contribution in [0, 0.1) is 4.77 Å². The van der Waals surface area contributed by atoms with Crippen LogP contribution < -0.4 is 4.74 Å². The molecule has 3 aromatic rings. The Morgan fingerprint density at radius 3 is 2.85 bits per heavy atom. The first kappa shape index (κ1) is 18.5. The molecule has 0 spiro atoms. The van der Waals surface area contributed by atoms with Gasteiger partial charge in [0, 0.05) is 10.9 Å². The molecule has 0 amide bonds. The van der Waals surface area contributed by atoms with Crippen LogP contribution in [0.1, 0.15) is 30.3 Å². The molecule has 0 unspecified atom stereocenters. The number of aromatic nitrogens is 3. The summed E-state index contributed by atoms with van der Waals surface area (Å²) in [7, 11) is 0. The van der Waals surface area contributed by atoms with Gasteiger partial charge in [-0.2, -0.15) is 14.9 Å². The lowest BCUT2D eigenvalue weighted by Gasteiger charge is -2.07. The molecule has 0 radical (unpaired) electrons. The summed E-state index contributed by atoms with van der Waals surface area (Å²) in [6, 6.07) is 15.9. The molecule has 0 aliphatic rings. The van der Waals surface area contributed by atoms with Gasteiger partial charge >= 0.3 is 0 Å². The van der Waals surface area contributed by atoms with E-state index in [1.807, 2.05) is 48.5 Å². The molecule has 3 rings (SSSR count). The summed E-state index contributed by atoms with van der Waals surface area (Å²) in [6.45, 7) is 2.61. The van der Waals surface area contributed by atoms with Gasteiger partial charge < -0.3 is 4.74 Å². The van der Waals surface area contributed by atoms with E-state index in [1.54, 1.807) is 10.9 Å². The third kappa shape index (κ3) is 4.89. The first-order chi connectivity index (χ1) is 12.7. The fourth-order valence-corrected chi connectivity index (χ4v) is 2.85. The molecule has 7 heteroatoms. The SMILES string of the molecule is CCCc1n[nH]c(=S)n1N=Cc1cccc(OCc2ccc(Br)cc2)c1. The van der Waals surface area contributed by atoms with Crippen LogP contribution >= 0.6 is 28.1 Å². The van der Waals surface area contributed by atoms with Crippen LogP contribution in [0.2, 0.25) is 0 Å². The van der Waals surface area contributed by atoms with Crippen LogP contribution in [-0.2, 0) is 13.0 Å². The molecule has 0 aliphatic heterocycles. The molecule has 0 fully saturated rings. The van der Waals surface area contributed by atoms with E-state index in [0.717, 1.165) is 40.0 Å². The number of H-pyrrole nitrogens is 1. The quantitative estimate of drug-likeness (QED) is 0.418. The first-order valence-electron chi connectivity index (χ1n) is 8.33. The number of ether oxygens (including phenoxy) is 1. The van der Waals surface area contributed by atoms with Gasteiger partial charge in [-0.25, -0.2) is 0 Å². The van der Waals surface area contributed by atoms with Crippen LogP contribution in [0.5, 0.6) is 5.75 Å². The Bertz CT molecular complexity index is 947. The fourth-order valence-electron chi connectivity index (χ4n) is 2.39. The van der Waals surface area contributed by atoms with E-state index in [0.29, 0.717) is 11.4 Å². The van der Waals surface area contributed by atoms with Gasteiger partial charge in [-0.15, -0.1) is 0 Å². The zero-order valence-electron chi connectivity index (χ0n) is 14.4. The zero-order chi connectivity index (χ0) is 18.4. The van der Waals surface area contributed by atoms with Crippen molar-refractivity contribution in [3.63, 3.8) is 0 Å². The monoisotopic (exact) mass is 430 g/mol. The standard InChI is InChI=1S/C19H19BrN4OS/c1-2-4-18-22-23-19(26)24(18)21-12-15-5-3-6-17(11-15)25-13-14-7-9-16(20)10-8-14/h3,5-12H,2,4,13H2,1H3,(H,23,26). The topological polar surface area (TPSA) is 55.2 Å². The summed E-state index contributed by atoms with van der Waals surface area (Å²) in [5.41, 5.74) is 2.05. The molecular formula is C19H19BrN4OS. The van der Waals surface area contributed by atoms with Gasteiger partial charge in [0.05, 0.1) is 6.21 Å². The Hall–Kier alpha value is -2.25. The molecule has 134 valence electrons. The lowest BCUT2D eigenvalue weighted by Crippen LogP contribution is -1.99. The smallest absolute Gasteiger partial charge is 0.216 e. The fraction of sp³-hybridized carbons (Fsp3) is 0.211. The number of hydrogen-bond acceptors (Lipinski definition) is 4. The van der Waals surface area contributed by atoms with E-state index >= 15 is 0 Å².